The van der Waals surface area contributed by atoms with Gasteiger partial charge in [-0.3, -0.25) is 0 Å². The first-order chi connectivity index (χ1) is 9.58. The quantitative estimate of drug-likeness (QED) is 0.649. The van der Waals surface area contributed by atoms with Gasteiger partial charge in [-0.25, -0.2) is 4.99 Å². The highest BCUT2D eigenvalue weighted by Gasteiger charge is 1.93. The number of Topliss-reactive ketones (excluding diaryl/α,β-unsaturated/α-hetero) is 1. The molecule has 0 saturated heterocycles. The maximum atomic E-state index is 9.44. The number of nitrogens with two attached hydrogens (primary N) is 1. The maximum Gasteiger partial charge on any atom is 0.198 e. The number of hydrogen-bond acceptors (Lipinski definition) is 2. The molecule has 0 unspecified atom stereocenters. The molecule has 0 fully saturated rings. The highest BCUT2D eigenvalue weighted by molar-refractivity contribution is 5.93. The molecule has 0 spiro atoms. The Morgan fingerprint density at radius 3 is 1.90 bits per heavy atom. The molecule has 0 aliphatic heterocycles. The lowest BCUT2D eigenvalue weighted by molar-refractivity contribution is -0.114. The van der Waals surface area contributed by atoms with E-state index in [0.29, 0.717) is 5.96 Å². The van der Waals surface area contributed by atoms with Crippen molar-refractivity contribution in [2.75, 3.05) is 5.32 Å². The van der Waals surface area contributed by atoms with Crippen LogP contribution in [0.1, 0.15) is 13.8 Å². The van der Waals surface area contributed by atoms with Crippen LogP contribution in [-0.4, -0.2) is 11.7 Å². The van der Waals surface area contributed by atoms with Crippen LogP contribution in [0.4, 0.5) is 11.4 Å². The summed E-state index contributed by atoms with van der Waals surface area (Å²) in [6.45, 7) is 3.06. The minimum Gasteiger partial charge on any atom is -0.369 e. The number of carbonyl (C=O) groups is 1. The fourth-order valence-corrected chi connectivity index (χ4v) is 1.34. The second kappa shape index (κ2) is 8.48. The summed E-state index contributed by atoms with van der Waals surface area (Å²) in [5, 5.41) is 3.02. The van der Waals surface area contributed by atoms with Crippen molar-refractivity contribution in [3.8, 4) is 0 Å². The summed E-state index contributed by atoms with van der Waals surface area (Å²) in [6.07, 6.45) is 0. The fraction of sp³-hybridized carbons (Fsp3) is 0.125. The molecule has 0 aliphatic carbocycles. The normalized spacial score (nSPS) is 10.2. The van der Waals surface area contributed by atoms with Crippen LogP contribution in [0, 0.1) is 0 Å². The van der Waals surface area contributed by atoms with E-state index in [4.69, 9.17) is 5.73 Å². The van der Waals surface area contributed by atoms with Crippen LogP contribution < -0.4 is 11.1 Å². The molecule has 0 aromatic heterocycles. The van der Waals surface area contributed by atoms with Gasteiger partial charge < -0.3 is 15.8 Å². The smallest absolute Gasteiger partial charge is 0.198 e. The van der Waals surface area contributed by atoms with Gasteiger partial charge in [-0.15, -0.1) is 0 Å². The fourth-order valence-electron chi connectivity index (χ4n) is 1.34. The highest BCUT2D eigenvalue weighted by Crippen LogP contribution is 2.10. The molecule has 2 rings (SSSR count). The lowest BCUT2D eigenvalue weighted by Crippen LogP contribution is -2.21. The Hall–Kier alpha value is -2.62. The molecule has 3 N–H and O–H groups in total. The number of nitrogens with one attached hydrogen (secondary N) is 1. The number of nitrogens with zero attached hydrogens (tertiary/aromatic N) is 1. The van der Waals surface area contributed by atoms with E-state index in [2.05, 4.69) is 10.3 Å². The van der Waals surface area contributed by atoms with Gasteiger partial charge in [-0.1, -0.05) is 36.4 Å². The Morgan fingerprint density at radius 2 is 1.40 bits per heavy atom. The molecule has 0 atom stereocenters. The van der Waals surface area contributed by atoms with Crippen molar-refractivity contribution in [3.05, 3.63) is 60.7 Å². The largest absolute Gasteiger partial charge is 0.369 e. The Morgan fingerprint density at radius 1 is 0.950 bits per heavy atom. The lowest BCUT2D eigenvalue weighted by atomic mass is 10.3. The van der Waals surface area contributed by atoms with E-state index < -0.39 is 0 Å². The first-order valence-corrected chi connectivity index (χ1v) is 6.26. The third-order valence-corrected chi connectivity index (χ3v) is 2.05. The minimum atomic E-state index is 0.167. The van der Waals surface area contributed by atoms with Crippen molar-refractivity contribution in [2.24, 2.45) is 10.7 Å². The summed E-state index contributed by atoms with van der Waals surface area (Å²) in [5.74, 6) is 0.553. The number of rotatable bonds is 2. The lowest BCUT2D eigenvalue weighted by Gasteiger charge is -2.04. The number of hydrogen-bond donors (Lipinski definition) is 2. The van der Waals surface area contributed by atoms with Gasteiger partial charge in [0.25, 0.3) is 0 Å². The van der Waals surface area contributed by atoms with Crippen molar-refractivity contribution < 1.29 is 4.79 Å². The predicted molar refractivity (Wildman–Crippen MR) is 84.1 cm³/mol. The van der Waals surface area contributed by atoms with E-state index in [1.165, 1.54) is 13.8 Å². The molecule has 0 saturated carbocycles. The van der Waals surface area contributed by atoms with Gasteiger partial charge in [0.2, 0.25) is 0 Å². The van der Waals surface area contributed by atoms with Gasteiger partial charge in [-0.05, 0) is 38.1 Å². The number of aliphatic imine (C=N–C) groups is 1. The van der Waals surface area contributed by atoms with Gasteiger partial charge >= 0.3 is 0 Å². The molecule has 4 heteroatoms. The monoisotopic (exact) mass is 269 g/mol. The van der Waals surface area contributed by atoms with E-state index in [0.717, 1.165) is 11.4 Å². The van der Waals surface area contributed by atoms with Crippen molar-refractivity contribution >= 4 is 23.1 Å². The van der Waals surface area contributed by atoms with Crippen molar-refractivity contribution in [1.82, 2.24) is 0 Å². The number of carbonyl (C=O) groups excluding carboxylic acids is 1. The Kier molecular flexibility index (Phi) is 6.54. The molecular weight excluding hydrogens is 250 g/mol. The van der Waals surface area contributed by atoms with Crippen molar-refractivity contribution in [1.29, 1.82) is 0 Å². The van der Waals surface area contributed by atoms with Crippen LogP contribution in [0.25, 0.3) is 0 Å². The average molecular weight is 269 g/mol. The van der Waals surface area contributed by atoms with Crippen molar-refractivity contribution in [3.63, 3.8) is 0 Å². The molecule has 104 valence electrons. The standard InChI is InChI=1S/C13H13N3.C3H6O/c14-13(15-11-7-3-1-4-8-11)16-12-9-5-2-6-10-12;1-3(2)4/h1-10H,(H3,14,15,16);1-2H3. The first-order valence-electron chi connectivity index (χ1n) is 6.26. The molecule has 0 radical (unpaired) electrons. The Labute approximate surface area is 119 Å². The maximum absolute atomic E-state index is 9.44. The molecule has 2 aromatic carbocycles. The molecular formula is C16H19N3O. The second-order valence-electron chi connectivity index (χ2n) is 4.23. The molecule has 0 heterocycles. The number of para-hydroxylation sites is 2. The summed E-state index contributed by atoms with van der Waals surface area (Å²) in [7, 11) is 0. The molecule has 0 amide bonds. The summed E-state index contributed by atoms with van der Waals surface area (Å²) >= 11 is 0. The summed E-state index contributed by atoms with van der Waals surface area (Å²) < 4.78 is 0. The number of anilines is 1. The number of benzene rings is 2. The van der Waals surface area contributed by atoms with Crippen molar-refractivity contribution in [2.45, 2.75) is 13.8 Å². The summed E-state index contributed by atoms with van der Waals surface area (Å²) in [4.78, 5) is 13.7. The van der Waals surface area contributed by atoms with E-state index in [1.807, 2.05) is 60.7 Å². The molecule has 20 heavy (non-hydrogen) atoms. The van der Waals surface area contributed by atoms with Crippen LogP contribution >= 0.6 is 0 Å². The SMILES string of the molecule is CC(C)=O.NC(=Nc1ccccc1)Nc1ccccc1. The minimum absolute atomic E-state index is 0.167. The van der Waals surface area contributed by atoms with Gasteiger partial charge in [-0.2, -0.15) is 0 Å². The molecule has 0 aliphatic rings. The third kappa shape index (κ3) is 6.96. The summed E-state index contributed by atoms with van der Waals surface area (Å²) in [6, 6.07) is 19.3. The van der Waals surface area contributed by atoms with Gasteiger partial charge in [0, 0.05) is 5.69 Å². The Balaban J connectivity index is 0.000000444. The zero-order chi connectivity index (χ0) is 14.8. The van der Waals surface area contributed by atoms with Gasteiger partial charge in [0.15, 0.2) is 5.96 Å². The Bertz CT molecular complexity index is 546. The van der Waals surface area contributed by atoms with Crippen LogP contribution in [0.2, 0.25) is 0 Å². The summed E-state index contributed by atoms with van der Waals surface area (Å²) in [5.41, 5.74) is 7.54. The second-order valence-corrected chi connectivity index (χ2v) is 4.23. The van der Waals surface area contributed by atoms with Crippen LogP contribution in [0.3, 0.4) is 0 Å². The predicted octanol–water partition coefficient (Wildman–Crippen LogP) is 3.34. The number of ketones is 1. The molecule has 4 nitrogen and oxygen atoms in total. The van der Waals surface area contributed by atoms with E-state index >= 15 is 0 Å². The molecule has 2 aromatic rings. The zero-order valence-corrected chi connectivity index (χ0v) is 11.7. The van der Waals surface area contributed by atoms with E-state index in [-0.39, 0.29) is 5.78 Å². The first kappa shape index (κ1) is 15.4. The highest BCUT2D eigenvalue weighted by atomic mass is 16.1. The van der Waals surface area contributed by atoms with Gasteiger partial charge in [0.05, 0.1) is 5.69 Å². The zero-order valence-electron chi connectivity index (χ0n) is 11.7. The number of guanidine groups is 1. The van der Waals surface area contributed by atoms with Crippen LogP contribution in [0.15, 0.2) is 65.7 Å². The topological polar surface area (TPSA) is 67.5 Å². The third-order valence-electron chi connectivity index (χ3n) is 2.05. The average Bonchev–Trinajstić information content (AvgIpc) is 2.40. The van der Waals surface area contributed by atoms with Crippen LogP contribution in [0.5, 0.6) is 0 Å². The van der Waals surface area contributed by atoms with Crippen LogP contribution in [-0.2, 0) is 4.79 Å². The van der Waals surface area contributed by atoms with E-state index in [9.17, 15) is 4.79 Å². The van der Waals surface area contributed by atoms with Gasteiger partial charge in [0.1, 0.15) is 5.78 Å². The molecule has 0 bridgehead atoms. The van der Waals surface area contributed by atoms with E-state index in [1.54, 1.807) is 0 Å².